The van der Waals surface area contributed by atoms with Crippen molar-refractivity contribution in [1.82, 2.24) is 10.2 Å². The van der Waals surface area contributed by atoms with E-state index in [-0.39, 0.29) is 62.7 Å². The lowest BCUT2D eigenvalue weighted by atomic mass is 9.72. The molecule has 35 heavy (non-hydrogen) atoms. The standard InChI is InChI=1S/C26H26FN3O5/c27-15-9-16(10-15)28-24(32)19-12-30(14-26(19)18-5-1-2-6-20(18)29-25(26)33)23(31)11-17-13-34-21-7-3-4-8-22(21)35-17/h1-8,15-17,19H,9-14H2,(H,28,32)(H,29,33). The van der Waals surface area contributed by atoms with Gasteiger partial charge >= 0.3 is 0 Å². The fraction of sp³-hybridized carbons (Fsp3) is 0.423. The van der Waals surface area contributed by atoms with Crippen molar-refractivity contribution >= 4 is 23.4 Å². The second-order valence-electron chi connectivity index (χ2n) is 9.77. The van der Waals surface area contributed by atoms with Crippen molar-refractivity contribution in [1.29, 1.82) is 0 Å². The maximum Gasteiger partial charge on any atom is 0.237 e. The van der Waals surface area contributed by atoms with E-state index in [0.29, 0.717) is 22.7 Å². The molecule has 1 spiro atoms. The average Bonchev–Trinajstić information content (AvgIpc) is 3.37. The van der Waals surface area contributed by atoms with Crippen molar-refractivity contribution in [3.05, 3.63) is 54.1 Å². The van der Waals surface area contributed by atoms with Gasteiger partial charge in [0.15, 0.2) is 11.5 Å². The Morgan fingerprint density at radius 1 is 1.11 bits per heavy atom. The maximum absolute atomic E-state index is 13.4. The molecule has 2 N–H and O–H groups in total. The van der Waals surface area contributed by atoms with E-state index in [4.69, 9.17) is 9.47 Å². The minimum atomic E-state index is -1.19. The zero-order valence-electron chi connectivity index (χ0n) is 19.0. The van der Waals surface area contributed by atoms with E-state index in [0.717, 1.165) is 0 Å². The molecule has 1 saturated carbocycles. The van der Waals surface area contributed by atoms with Gasteiger partial charge in [-0.25, -0.2) is 4.39 Å². The largest absolute Gasteiger partial charge is 0.486 e. The quantitative estimate of drug-likeness (QED) is 0.701. The molecular weight excluding hydrogens is 453 g/mol. The Bertz CT molecular complexity index is 1200. The topological polar surface area (TPSA) is 97.0 Å². The number of hydrogen-bond acceptors (Lipinski definition) is 5. The van der Waals surface area contributed by atoms with Gasteiger partial charge in [-0.05, 0) is 36.6 Å². The van der Waals surface area contributed by atoms with E-state index < -0.39 is 23.6 Å². The summed E-state index contributed by atoms with van der Waals surface area (Å²) in [5.41, 5.74) is 0.174. The number of anilines is 1. The van der Waals surface area contributed by atoms with Crippen molar-refractivity contribution in [2.24, 2.45) is 5.92 Å². The van der Waals surface area contributed by atoms with Crippen LogP contribution in [0.15, 0.2) is 48.5 Å². The molecule has 1 aliphatic carbocycles. The molecule has 2 aromatic carbocycles. The van der Waals surface area contributed by atoms with Gasteiger partial charge in [0.05, 0.1) is 12.3 Å². The van der Waals surface area contributed by atoms with Gasteiger partial charge in [-0.15, -0.1) is 0 Å². The number of rotatable bonds is 4. The summed E-state index contributed by atoms with van der Waals surface area (Å²) in [5.74, 6) is -0.385. The van der Waals surface area contributed by atoms with Crippen LogP contribution in [0.4, 0.5) is 10.1 Å². The third-order valence-electron chi connectivity index (χ3n) is 7.57. The molecule has 3 aliphatic heterocycles. The summed E-state index contributed by atoms with van der Waals surface area (Å²) in [5, 5.41) is 5.80. The number of alkyl halides is 1. The smallest absolute Gasteiger partial charge is 0.237 e. The summed E-state index contributed by atoms with van der Waals surface area (Å²) in [6.45, 7) is 0.427. The fourth-order valence-corrected chi connectivity index (χ4v) is 5.64. The van der Waals surface area contributed by atoms with Gasteiger partial charge in [0.1, 0.15) is 24.3 Å². The molecule has 182 valence electrons. The minimum absolute atomic E-state index is 0.0637. The van der Waals surface area contributed by atoms with Gasteiger partial charge in [0.2, 0.25) is 17.7 Å². The van der Waals surface area contributed by atoms with Crippen LogP contribution in [0.2, 0.25) is 0 Å². The van der Waals surface area contributed by atoms with Gasteiger partial charge < -0.3 is 25.0 Å². The van der Waals surface area contributed by atoms with Gasteiger partial charge in [-0.3, -0.25) is 14.4 Å². The Morgan fingerprint density at radius 2 is 1.86 bits per heavy atom. The van der Waals surface area contributed by atoms with E-state index in [2.05, 4.69) is 10.6 Å². The Balaban J connectivity index is 1.24. The molecular formula is C26H26FN3O5. The van der Waals surface area contributed by atoms with Crippen molar-refractivity contribution in [2.75, 3.05) is 25.0 Å². The lowest BCUT2D eigenvalue weighted by Crippen LogP contribution is -2.53. The SMILES string of the molecule is O=C(NC1CC(F)C1)C1CN(C(=O)CC2COc3ccccc3O2)CC12C(=O)Nc1ccccc12. The lowest BCUT2D eigenvalue weighted by Gasteiger charge is -2.33. The number of carbonyl (C=O) groups is 3. The number of para-hydroxylation sites is 3. The van der Waals surface area contributed by atoms with Crippen LogP contribution in [0, 0.1) is 5.92 Å². The highest BCUT2D eigenvalue weighted by Crippen LogP contribution is 2.48. The molecule has 4 aliphatic rings. The highest BCUT2D eigenvalue weighted by molar-refractivity contribution is 6.10. The molecule has 3 unspecified atom stereocenters. The van der Waals surface area contributed by atoms with Crippen molar-refractivity contribution in [2.45, 2.75) is 43.0 Å². The van der Waals surface area contributed by atoms with E-state index in [1.807, 2.05) is 36.4 Å². The Labute approximate surface area is 201 Å². The third-order valence-corrected chi connectivity index (χ3v) is 7.57. The zero-order chi connectivity index (χ0) is 24.2. The number of nitrogens with one attached hydrogen (secondary N) is 2. The van der Waals surface area contributed by atoms with E-state index in [1.54, 1.807) is 17.0 Å². The predicted molar refractivity (Wildman–Crippen MR) is 124 cm³/mol. The predicted octanol–water partition coefficient (Wildman–Crippen LogP) is 2.18. The van der Waals surface area contributed by atoms with Gasteiger partial charge in [0, 0.05) is 24.8 Å². The zero-order valence-corrected chi connectivity index (χ0v) is 19.0. The fourth-order valence-electron chi connectivity index (χ4n) is 5.64. The number of likely N-dealkylation sites (tertiary alicyclic amines) is 1. The highest BCUT2D eigenvalue weighted by atomic mass is 19.1. The number of hydrogen-bond donors (Lipinski definition) is 2. The van der Waals surface area contributed by atoms with Crippen LogP contribution in [0.3, 0.4) is 0 Å². The number of ether oxygens (including phenoxy) is 2. The molecule has 6 rings (SSSR count). The molecule has 3 heterocycles. The van der Waals surface area contributed by atoms with Crippen LogP contribution in [-0.2, 0) is 19.8 Å². The minimum Gasteiger partial charge on any atom is -0.486 e. The first-order chi connectivity index (χ1) is 16.9. The third kappa shape index (κ3) is 3.61. The summed E-state index contributed by atoms with van der Waals surface area (Å²) in [7, 11) is 0. The molecule has 1 saturated heterocycles. The average molecular weight is 480 g/mol. The first-order valence-electron chi connectivity index (χ1n) is 12.0. The van der Waals surface area contributed by atoms with Crippen molar-refractivity contribution in [3.8, 4) is 11.5 Å². The van der Waals surface area contributed by atoms with Crippen LogP contribution in [-0.4, -0.2) is 60.6 Å². The molecule has 0 radical (unpaired) electrons. The summed E-state index contributed by atoms with van der Waals surface area (Å²) in [6.07, 6.45) is -0.764. The monoisotopic (exact) mass is 479 g/mol. The number of benzene rings is 2. The maximum atomic E-state index is 13.4. The van der Waals surface area contributed by atoms with E-state index in [1.165, 1.54) is 0 Å². The number of nitrogens with zero attached hydrogens (tertiary/aromatic N) is 1. The van der Waals surface area contributed by atoms with Crippen molar-refractivity contribution in [3.63, 3.8) is 0 Å². The molecule has 3 amide bonds. The van der Waals surface area contributed by atoms with Crippen LogP contribution in [0.25, 0.3) is 0 Å². The lowest BCUT2D eigenvalue weighted by molar-refractivity contribution is -0.133. The number of halogens is 1. The summed E-state index contributed by atoms with van der Waals surface area (Å²) in [6, 6.07) is 14.3. The number of fused-ring (bicyclic) bond motifs is 3. The molecule has 8 nitrogen and oxygen atoms in total. The first-order valence-corrected chi connectivity index (χ1v) is 12.0. The number of amides is 3. The molecule has 2 fully saturated rings. The highest BCUT2D eigenvalue weighted by Gasteiger charge is 2.61. The van der Waals surface area contributed by atoms with Crippen molar-refractivity contribution < 1.29 is 28.2 Å². The molecule has 9 heteroatoms. The molecule has 0 bridgehead atoms. The Kier molecular flexibility index (Phi) is 5.16. The molecule has 2 aromatic rings. The normalized spacial score (nSPS) is 30.4. The Morgan fingerprint density at radius 3 is 2.66 bits per heavy atom. The van der Waals surface area contributed by atoms with Gasteiger partial charge in [-0.1, -0.05) is 30.3 Å². The van der Waals surface area contributed by atoms with E-state index >= 15 is 0 Å². The molecule has 3 atom stereocenters. The van der Waals surface area contributed by atoms with Crippen LogP contribution in [0.1, 0.15) is 24.8 Å². The summed E-state index contributed by atoms with van der Waals surface area (Å²) < 4.78 is 25.0. The second-order valence-corrected chi connectivity index (χ2v) is 9.77. The molecule has 0 aromatic heterocycles. The van der Waals surface area contributed by atoms with Gasteiger partial charge in [0.25, 0.3) is 0 Å². The second kappa shape index (κ2) is 8.25. The van der Waals surface area contributed by atoms with E-state index in [9.17, 15) is 18.8 Å². The van der Waals surface area contributed by atoms with Gasteiger partial charge in [-0.2, -0.15) is 0 Å². The summed E-state index contributed by atoms with van der Waals surface area (Å²) in [4.78, 5) is 41.7. The summed E-state index contributed by atoms with van der Waals surface area (Å²) >= 11 is 0. The first kappa shape index (κ1) is 21.9. The van der Waals surface area contributed by atoms with Crippen LogP contribution in [0.5, 0.6) is 11.5 Å². The van der Waals surface area contributed by atoms with Crippen LogP contribution >= 0.6 is 0 Å². The Hall–Kier alpha value is -3.62. The number of carbonyl (C=O) groups excluding carboxylic acids is 3. The van der Waals surface area contributed by atoms with Crippen LogP contribution < -0.4 is 20.1 Å².